The van der Waals surface area contributed by atoms with Crippen LogP contribution in [0, 0.1) is 18.3 Å². The molecular formula is C19H13Cl2N3. The zero-order valence-corrected chi connectivity index (χ0v) is 14.4. The minimum atomic E-state index is 0.197. The van der Waals surface area contributed by atoms with Crippen molar-refractivity contribution in [3.05, 3.63) is 69.7 Å². The number of pyridine rings is 1. The van der Waals surface area contributed by atoms with Crippen molar-refractivity contribution in [2.75, 3.05) is 5.73 Å². The van der Waals surface area contributed by atoms with Gasteiger partial charge in [0.25, 0.3) is 0 Å². The van der Waals surface area contributed by atoms with Gasteiger partial charge < -0.3 is 5.73 Å². The number of benzene rings is 2. The van der Waals surface area contributed by atoms with Crippen molar-refractivity contribution in [3.63, 3.8) is 0 Å². The summed E-state index contributed by atoms with van der Waals surface area (Å²) in [6.45, 7) is 1.92. The van der Waals surface area contributed by atoms with Crippen molar-refractivity contribution in [3.8, 4) is 28.5 Å². The molecule has 1 heterocycles. The molecule has 24 heavy (non-hydrogen) atoms. The Morgan fingerprint density at radius 3 is 2.33 bits per heavy atom. The SMILES string of the molecule is Cc1c(-c2ccccc2)nc(N)c(C#N)c1-c1ccc(Cl)c(Cl)c1. The zero-order chi connectivity index (χ0) is 17.3. The molecule has 0 amide bonds. The Morgan fingerprint density at radius 2 is 1.71 bits per heavy atom. The predicted molar refractivity (Wildman–Crippen MR) is 99.0 cm³/mol. The highest BCUT2D eigenvalue weighted by Gasteiger charge is 2.18. The van der Waals surface area contributed by atoms with E-state index in [4.69, 9.17) is 28.9 Å². The summed E-state index contributed by atoms with van der Waals surface area (Å²) in [4.78, 5) is 4.44. The van der Waals surface area contributed by atoms with Gasteiger partial charge in [-0.05, 0) is 30.2 Å². The Bertz CT molecular complexity index is 961. The molecule has 5 heteroatoms. The van der Waals surface area contributed by atoms with Crippen LogP contribution in [0.2, 0.25) is 10.0 Å². The van der Waals surface area contributed by atoms with Crippen molar-refractivity contribution < 1.29 is 0 Å². The molecular weight excluding hydrogens is 341 g/mol. The van der Waals surface area contributed by atoms with Crippen LogP contribution in [0.15, 0.2) is 48.5 Å². The van der Waals surface area contributed by atoms with Crippen LogP contribution in [0.25, 0.3) is 22.4 Å². The van der Waals surface area contributed by atoms with Gasteiger partial charge in [0, 0.05) is 11.1 Å². The summed E-state index contributed by atoms with van der Waals surface area (Å²) >= 11 is 12.2. The summed E-state index contributed by atoms with van der Waals surface area (Å²) in [5.41, 5.74) is 10.4. The number of hydrogen-bond donors (Lipinski definition) is 1. The van der Waals surface area contributed by atoms with E-state index in [2.05, 4.69) is 11.1 Å². The van der Waals surface area contributed by atoms with Crippen molar-refractivity contribution in [2.45, 2.75) is 6.92 Å². The first-order valence-electron chi connectivity index (χ1n) is 7.24. The van der Waals surface area contributed by atoms with Crippen LogP contribution in [0.1, 0.15) is 11.1 Å². The lowest BCUT2D eigenvalue weighted by Gasteiger charge is -2.15. The molecule has 3 aromatic rings. The van der Waals surface area contributed by atoms with Crippen LogP contribution < -0.4 is 5.73 Å². The second-order valence-corrected chi connectivity index (χ2v) is 6.14. The highest BCUT2D eigenvalue weighted by molar-refractivity contribution is 6.42. The topological polar surface area (TPSA) is 62.7 Å². The third-order valence-corrected chi connectivity index (χ3v) is 4.57. The third-order valence-electron chi connectivity index (χ3n) is 3.84. The molecule has 0 radical (unpaired) electrons. The fourth-order valence-corrected chi connectivity index (χ4v) is 3.00. The molecule has 0 spiro atoms. The quantitative estimate of drug-likeness (QED) is 0.662. The van der Waals surface area contributed by atoms with E-state index < -0.39 is 0 Å². The van der Waals surface area contributed by atoms with E-state index in [1.807, 2.05) is 43.3 Å². The number of nitriles is 1. The highest BCUT2D eigenvalue weighted by Crippen LogP contribution is 2.37. The van der Waals surface area contributed by atoms with E-state index in [9.17, 15) is 5.26 Å². The van der Waals surface area contributed by atoms with E-state index >= 15 is 0 Å². The van der Waals surface area contributed by atoms with Gasteiger partial charge in [0.1, 0.15) is 17.5 Å². The fraction of sp³-hybridized carbons (Fsp3) is 0.0526. The molecule has 0 aliphatic carbocycles. The summed E-state index contributed by atoms with van der Waals surface area (Å²) in [5.74, 6) is 0.197. The van der Waals surface area contributed by atoms with E-state index in [1.165, 1.54) is 0 Å². The lowest BCUT2D eigenvalue weighted by atomic mass is 9.93. The van der Waals surface area contributed by atoms with Crippen LogP contribution >= 0.6 is 23.2 Å². The smallest absolute Gasteiger partial charge is 0.142 e. The average Bonchev–Trinajstić information content (AvgIpc) is 2.59. The Kier molecular flexibility index (Phi) is 4.44. The van der Waals surface area contributed by atoms with Gasteiger partial charge >= 0.3 is 0 Å². The molecule has 118 valence electrons. The van der Waals surface area contributed by atoms with Gasteiger partial charge in [0.15, 0.2) is 0 Å². The number of halogens is 2. The van der Waals surface area contributed by atoms with Gasteiger partial charge in [-0.3, -0.25) is 0 Å². The van der Waals surface area contributed by atoms with Crippen molar-refractivity contribution in [2.24, 2.45) is 0 Å². The molecule has 1 aromatic heterocycles. The normalized spacial score (nSPS) is 10.4. The molecule has 3 rings (SSSR count). The Labute approximate surface area is 150 Å². The number of nitrogens with zero attached hydrogens (tertiary/aromatic N) is 2. The van der Waals surface area contributed by atoms with Crippen LogP contribution in [0.3, 0.4) is 0 Å². The first-order chi connectivity index (χ1) is 11.5. The van der Waals surface area contributed by atoms with Gasteiger partial charge in [-0.1, -0.05) is 59.6 Å². The van der Waals surface area contributed by atoms with E-state index in [1.54, 1.807) is 12.1 Å². The minimum absolute atomic E-state index is 0.197. The molecule has 0 aliphatic heterocycles. The monoisotopic (exact) mass is 353 g/mol. The second kappa shape index (κ2) is 6.52. The highest BCUT2D eigenvalue weighted by atomic mass is 35.5. The van der Waals surface area contributed by atoms with Crippen LogP contribution in [-0.2, 0) is 0 Å². The Balaban J connectivity index is 2.34. The molecule has 2 N–H and O–H groups in total. The largest absolute Gasteiger partial charge is 0.383 e. The van der Waals surface area contributed by atoms with Gasteiger partial charge in [0.05, 0.1) is 15.7 Å². The number of nitrogens with two attached hydrogens (primary N) is 1. The van der Waals surface area contributed by atoms with Gasteiger partial charge in [-0.2, -0.15) is 5.26 Å². The van der Waals surface area contributed by atoms with E-state index in [0.717, 1.165) is 27.9 Å². The molecule has 3 nitrogen and oxygen atoms in total. The first kappa shape index (κ1) is 16.3. The summed E-state index contributed by atoms with van der Waals surface area (Å²) in [7, 11) is 0. The predicted octanol–water partition coefficient (Wildman–Crippen LogP) is 5.48. The summed E-state index contributed by atoms with van der Waals surface area (Å²) < 4.78 is 0. The zero-order valence-electron chi connectivity index (χ0n) is 12.8. The maximum Gasteiger partial charge on any atom is 0.142 e. The van der Waals surface area contributed by atoms with Crippen molar-refractivity contribution in [1.29, 1.82) is 5.26 Å². The van der Waals surface area contributed by atoms with Gasteiger partial charge in [-0.25, -0.2) is 4.98 Å². The van der Waals surface area contributed by atoms with Crippen LogP contribution in [-0.4, -0.2) is 4.98 Å². The molecule has 2 aromatic carbocycles. The van der Waals surface area contributed by atoms with Gasteiger partial charge in [-0.15, -0.1) is 0 Å². The summed E-state index contributed by atoms with van der Waals surface area (Å²) in [5, 5.41) is 10.4. The Hall–Kier alpha value is -2.54. The molecule has 0 saturated carbocycles. The maximum atomic E-state index is 9.54. The molecule has 0 saturated heterocycles. The average molecular weight is 354 g/mol. The minimum Gasteiger partial charge on any atom is -0.383 e. The lowest BCUT2D eigenvalue weighted by Crippen LogP contribution is -2.03. The number of nitrogen functional groups attached to an aromatic ring is 1. The lowest BCUT2D eigenvalue weighted by molar-refractivity contribution is 1.26. The first-order valence-corrected chi connectivity index (χ1v) is 7.99. The maximum absolute atomic E-state index is 9.54. The van der Waals surface area contributed by atoms with Crippen molar-refractivity contribution >= 4 is 29.0 Å². The Morgan fingerprint density at radius 1 is 1.00 bits per heavy atom. The number of rotatable bonds is 2. The van der Waals surface area contributed by atoms with E-state index in [0.29, 0.717) is 15.6 Å². The van der Waals surface area contributed by atoms with E-state index in [-0.39, 0.29) is 5.82 Å². The van der Waals surface area contributed by atoms with Crippen molar-refractivity contribution in [1.82, 2.24) is 4.98 Å². The number of hydrogen-bond acceptors (Lipinski definition) is 3. The summed E-state index contributed by atoms with van der Waals surface area (Å²) in [6, 6.07) is 17.1. The standard InChI is InChI=1S/C19H13Cl2N3/c1-11-17(13-7-8-15(20)16(21)9-13)14(10-22)19(23)24-18(11)12-5-3-2-4-6-12/h2-9H,1H3,(H2,23,24). The fourth-order valence-electron chi connectivity index (χ4n) is 2.70. The second-order valence-electron chi connectivity index (χ2n) is 5.33. The molecule has 0 unspecified atom stereocenters. The van der Waals surface area contributed by atoms with Gasteiger partial charge in [0.2, 0.25) is 0 Å². The number of anilines is 1. The molecule has 0 aliphatic rings. The summed E-state index contributed by atoms with van der Waals surface area (Å²) in [6.07, 6.45) is 0. The molecule has 0 fully saturated rings. The van der Waals surface area contributed by atoms with Crippen LogP contribution in [0.5, 0.6) is 0 Å². The van der Waals surface area contributed by atoms with Crippen LogP contribution in [0.4, 0.5) is 5.82 Å². The number of aromatic nitrogens is 1. The molecule has 0 atom stereocenters. The third kappa shape index (κ3) is 2.82. The molecule has 0 bridgehead atoms.